The van der Waals surface area contributed by atoms with E-state index >= 15 is 0 Å². The van der Waals surface area contributed by atoms with Crippen molar-refractivity contribution in [2.45, 2.75) is 76.5 Å². The van der Waals surface area contributed by atoms with Crippen LogP contribution < -0.4 is 0 Å². The second-order valence-corrected chi connectivity index (χ2v) is 7.94. The minimum absolute atomic E-state index is 0.281. The molecular formula is C19H29BO3. The summed E-state index contributed by atoms with van der Waals surface area (Å²) in [7, 11) is -0.281. The molecule has 2 aliphatic rings. The van der Waals surface area contributed by atoms with Crippen molar-refractivity contribution in [3.05, 3.63) is 35.9 Å². The van der Waals surface area contributed by atoms with Crippen LogP contribution in [0.15, 0.2) is 30.3 Å². The molecule has 2 saturated heterocycles. The van der Waals surface area contributed by atoms with Crippen LogP contribution in [0.2, 0.25) is 0 Å². The van der Waals surface area contributed by atoms with E-state index in [9.17, 15) is 0 Å². The molecule has 0 unspecified atom stereocenters. The zero-order valence-electron chi connectivity index (χ0n) is 14.9. The predicted molar refractivity (Wildman–Crippen MR) is 93.4 cm³/mol. The van der Waals surface area contributed by atoms with Gasteiger partial charge in [0.15, 0.2) is 0 Å². The fourth-order valence-corrected chi connectivity index (χ4v) is 3.43. The average Bonchev–Trinajstić information content (AvgIpc) is 2.76. The zero-order valence-corrected chi connectivity index (χ0v) is 14.9. The minimum Gasteiger partial charge on any atom is -0.401 e. The van der Waals surface area contributed by atoms with Crippen molar-refractivity contribution in [1.29, 1.82) is 0 Å². The van der Waals surface area contributed by atoms with Crippen LogP contribution in [0.3, 0.4) is 0 Å². The monoisotopic (exact) mass is 316 g/mol. The number of ether oxygens (including phenoxy) is 1. The zero-order chi connectivity index (χ0) is 16.6. The Hall–Kier alpha value is -0.835. The maximum atomic E-state index is 6.35. The van der Waals surface area contributed by atoms with Gasteiger partial charge in [0.2, 0.25) is 0 Å². The number of aryl methyl sites for hydroxylation is 1. The lowest BCUT2D eigenvalue weighted by Crippen LogP contribution is -2.52. The molecule has 0 aliphatic carbocycles. The largest absolute Gasteiger partial charge is 0.492 e. The van der Waals surface area contributed by atoms with Gasteiger partial charge in [-0.1, -0.05) is 30.3 Å². The molecule has 2 aliphatic heterocycles. The normalized spacial score (nSPS) is 29.7. The van der Waals surface area contributed by atoms with Gasteiger partial charge in [-0.3, -0.25) is 0 Å². The smallest absolute Gasteiger partial charge is 0.401 e. The first kappa shape index (κ1) is 17.0. The minimum atomic E-state index is -0.320. The van der Waals surface area contributed by atoms with Gasteiger partial charge >= 0.3 is 7.12 Å². The molecule has 0 bridgehead atoms. The number of hydrogen-bond acceptors (Lipinski definition) is 3. The van der Waals surface area contributed by atoms with Crippen LogP contribution in [0.25, 0.3) is 0 Å². The van der Waals surface area contributed by atoms with Crippen molar-refractivity contribution in [1.82, 2.24) is 0 Å². The van der Waals surface area contributed by atoms with Crippen molar-refractivity contribution in [2.75, 3.05) is 6.61 Å². The van der Waals surface area contributed by atoms with Gasteiger partial charge in [-0.15, -0.1) is 0 Å². The molecule has 23 heavy (non-hydrogen) atoms. The summed E-state index contributed by atoms with van der Waals surface area (Å²) < 4.78 is 19.0. The summed E-state index contributed by atoms with van der Waals surface area (Å²) in [6, 6.07) is 10.6. The van der Waals surface area contributed by atoms with Gasteiger partial charge in [0, 0.05) is 6.61 Å². The predicted octanol–water partition coefficient (Wildman–Crippen LogP) is 4.19. The topological polar surface area (TPSA) is 27.7 Å². The van der Waals surface area contributed by atoms with E-state index in [1.54, 1.807) is 0 Å². The second kappa shape index (κ2) is 6.23. The number of hydrogen-bond donors (Lipinski definition) is 0. The summed E-state index contributed by atoms with van der Waals surface area (Å²) >= 11 is 0. The Kier molecular flexibility index (Phi) is 4.61. The summed E-state index contributed by atoms with van der Waals surface area (Å²) in [5.74, 6) is 0. The summed E-state index contributed by atoms with van der Waals surface area (Å²) in [5.41, 5.74) is 0.410. The molecule has 0 aromatic heterocycles. The Bertz CT molecular complexity index is 505. The third kappa shape index (κ3) is 3.35. The average molecular weight is 316 g/mol. The maximum absolute atomic E-state index is 6.35. The molecule has 2 fully saturated rings. The van der Waals surface area contributed by atoms with Crippen LogP contribution in [-0.4, -0.2) is 30.4 Å². The first-order valence-electron chi connectivity index (χ1n) is 8.88. The van der Waals surface area contributed by atoms with E-state index in [2.05, 4.69) is 58.0 Å². The van der Waals surface area contributed by atoms with Crippen molar-refractivity contribution in [2.24, 2.45) is 0 Å². The van der Waals surface area contributed by atoms with E-state index in [4.69, 9.17) is 14.0 Å². The standard InChI is InChI=1S/C19H29BO3/c1-17(2)18(3,4)23-20(22-17)19(13-8-9-15-21-19)14-12-16-10-6-5-7-11-16/h5-7,10-11H,8-9,12-15H2,1-4H3/t19-/m1/s1. The molecule has 1 aromatic carbocycles. The molecule has 0 N–H and O–H groups in total. The van der Waals surface area contributed by atoms with Gasteiger partial charge in [0.1, 0.15) is 5.50 Å². The molecule has 1 aromatic rings. The lowest BCUT2D eigenvalue weighted by atomic mass is 9.61. The Morgan fingerprint density at radius 2 is 1.61 bits per heavy atom. The lowest BCUT2D eigenvalue weighted by Gasteiger charge is -2.38. The highest BCUT2D eigenvalue weighted by molar-refractivity contribution is 6.49. The summed E-state index contributed by atoms with van der Waals surface area (Å²) in [5, 5.41) is 0. The van der Waals surface area contributed by atoms with E-state index in [0.29, 0.717) is 0 Å². The van der Waals surface area contributed by atoms with E-state index < -0.39 is 0 Å². The molecule has 0 saturated carbocycles. The molecule has 3 rings (SSSR count). The fraction of sp³-hybridized carbons (Fsp3) is 0.684. The maximum Gasteiger partial charge on any atom is 0.492 e. The molecule has 0 amide bonds. The first-order valence-corrected chi connectivity index (χ1v) is 8.88. The van der Waals surface area contributed by atoms with Crippen molar-refractivity contribution in [3.8, 4) is 0 Å². The van der Waals surface area contributed by atoms with Gasteiger partial charge < -0.3 is 14.0 Å². The molecule has 0 spiro atoms. The molecule has 0 radical (unpaired) electrons. The Morgan fingerprint density at radius 1 is 0.957 bits per heavy atom. The van der Waals surface area contributed by atoms with Crippen molar-refractivity contribution < 1.29 is 14.0 Å². The Balaban J connectivity index is 1.77. The third-order valence-electron chi connectivity index (χ3n) is 5.75. The summed E-state index contributed by atoms with van der Waals surface area (Å²) in [6.45, 7) is 9.25. The quantitative estimate of drug-likeness (QED) is 0.780. The lowest BCUT2D eigenvalue weighted by molar-refractivity contribution is -0.0501. The highest BCUT2D eigenvalue weighted by Crippen LogP contribution is 2.44. The molecule has 1 atom stereocenters. The van der Waals surface area contributed by atoms with Crippen LogP contribution in [0.5, 0.6) is 0 Å². The van der Waals surface area contributed by atoms with Crippen LogP contribution >= 0.6 is 0 Å². The Labute approximate surface area is 140 Å². The highest BCUT2D eigenvalue weighted by atomic mass is 16.7. The molecular weight excluding hydrogens is 287 g/mol. The fourth-order valence-electron chi connectivity index (χ4n) is 3.43. The molecule has 3 nitrogen and oxygen atoms in total. The SMILES string of the molecule is CC1(C)OB([C@]2(CCc3ccccc3)CCCCO2)OC1(C)C. The molecule has 2 heterocycles. The van der Waals surface area contributed by atoms with E-state index in [1.807, 2.05) is 0 Å². The van der Waals surface area contributed by atoms with Gasteiger partial charge in [0.05, 0.1) is 11.2 Å². The molecule has 126 valence electrons. The number of rotatable bonds is 4. The highest BCUT2D eigenvalue weighted by Gasteiger charge is 2.60. The third-order valence-corrected chi connectivity index (χ3v) is 5.75. The summed E-state index contributed by atoms with van der Waals surface area (Å²) in [4.78, 5) is 0. The summed E-state index contributed by atoms with van der Waals surface area (Å²) in [6.07, 6.45) is 5.25. The van der Waals surface area contributed by atoms with Gasteiger partial charge in [-0.2, -0.15) is 0 Å². The van der Waals surface area contributed by atoms with Crippen LogP contribution in [0, 0.1) is 0 Å². The van der Waals surface area contributed by atoms with E-state index in [0.717, 1.165) is 32.3 Å². The van der Waals surface area contributed by atoms with Gasteiger partial charge in [0.25, 0.3) is 0 Å². The second-order valence-electron chi connectivity index (χ2n) is 7.94. The van der Waals surface area contributed by atoms with Crippen molar-refractivity contribution in [3.63, 3.8) is 0 Å². The Morgan fingerprint density at radius 3 is 2.17 bits per heavy atom. The van der Waals surface area contributed by atoms with Crippen LogP contribution in [0.1, 0.15) is 58.9 Å². The van der Waals surface area contributed by atoms with E-state index in [-0.39, 0.29) is 23.8 Å². The van der Waals surface area contributed by atoms with Crippen molar-refractivity contribution >= 4 is 7.12 Å². The van der Waals surface area contributed by atoms with E-state index in [1.165, 1.54) is 12.0 Å². The first-order chi connectivity index (χ1) is 10.8. The van der Waals surface area contributed by atoms with Crippen LogP contribution in [0.4, 0.5) is 0 Å². The molecule has 4 heteroatoms. The van der Waals surface area contributed by atoms with Gasteiger partial charge in [-0.25, -0.2) is 0 Å². The number of benzene rings is 1. The van der Waals surface area contributed by atoms with Gasteiger partial charge in [-0.05, 0) is 65.4 Å². The van der Waals surface area contributed by atoms with Crippen LogP contribution in [-0.2, 0) is 20.5 Å².